The molecule has 12 heteroatoms. The fraction of sp³-hybridized carbons (Fsp3) is 0.211. The number of Topliss-reactive ketones (excluding diaryl/α,β-unsaturated/α-hetero) is 1. The van der Waals surface area contributed by atoms with Gasteiger partial charge in [0.05, 0.1) is 17.5 Å². The molecule has 156 valence electrons. The molecule has 3 aromatic rings. The predicted octanol–water partition coefficient (Wildman–Crippen LogP) is -2.06. The molecule has 0 bridgehead atoms. The van der Waals surface area contributed by atoms with Crippen LogP contribution in [-0.4, -0.2) is 47.9 Å². The summed E-state index contributed by atoms with van der Waals surface area (Å²) in [6.07, 6.45) is 0.806. The molecule has 0 aliphatic rings. The van der Waals surface area contributed by atoms with E-state index in [1.165, 1.54) is 37.4 Å². The molecule has 0 aliphatic heterocycles. The number of ketones is 1. The van der Waals surface area contributed by atoms with Crippen molar-refractivity contribution in [1.82, 2.24) is 19.9 Å². The van der Waals surface area contributed by atoms with Gasteiger partial charge < -0.3 is 23.1 Å². The maximum absolute atomic E-state index is 12.4. The van der Waals surface area contributed by atoms with Crippen LogP contribution >= 0.6 is 0 Å². The summed E-state index contributed by atoms with van der Waals surface area (Å²) in [6, 6.07) is 5.34. The first-order valence-electron chi connectivity index (χ1n) is 8.73. The van der Waals surface area contributed by atoms with Gasteiger partial charge in [-0.1, -0.05) is 12.1 Å². The summed E-state index contributed by atoms with van der Waals surface area (Å²) in [7, 11) is 0. The summed E-state index contributed by atoms with van der Waals surface area (Å²) in [4.78, 5) is 51.7. The molecule has 0 fully saturated rings. The zero-order chi connectivity index (χ0) is 22.1. The average Bonchev–Trinajstić information content (AvgIpc) is 2.67. The van der Waals surface area contributed by atoms with Crippen LogP contribution in [0.15, 0.2) is 30.5 Å². The minimum absolute atomic E-state index is 0. The number of hydrogen-bond donors (Lipinski definition) is 4. The van der Waals surface area contributed by atoms with Crippen LogP contribution in [0.1, 0.15) is 36.4 Å². The van der Waals surface area contributed by atoms with Crippen molar-refractivity contribution in [3.05, 3.63) is 47.3 Å². The molecule has 0 spiro atoms. The number of nitrogens with zero attached hydrogens (tertiary/aromatic N) is 4. The normalized spacial score (nSPS) is 12.5. The molecule has 31 heavy (non-hydrogen) atoms. The third-order valence-electron chi connectivity index (χ3n) is 4.63. The minimum Gasteiger partial charge on any atom is -1.00 e. The van der Waals surface area contributed by atoms with Crippen LogP contribution in [0.2, 0.25) is 0 Å². The minimum atomic E-state index is -1.69. The van der Waals surface area contributed by atoms with Gasteiger partial charge in [-0.05, 0) is 24.6 Å². The predicted molar refractivity (Wildman–Crippen MR) is 107 cm³/mol. The van der Waals surface area contributed by atoms with Crippen molar-refractivity contribution in [2.75, 3.05) is 11.5 Å². The Morgan fingerprint density at radius 2 is 1.71 bits per heavy atom. The van der Waals surface area contributed by atoms with E-state index in [1.807, 2.05) is 0 Å². The molecular formula is C19H19LiN6O5. The molecule has 2 heterocycles. The zero-order valence-corrected chi connectivity index (χ0v) is 16.9. The number of aromatic carboxylic acids is 1. The van der Waals surface area contributed by atoms with Gasteiger partial charge in [0.2, 0.25) is 5.95 Å². The Balaban J connectivity index is 0.00000256. The molecule has 2 aromatic heterocycles. The fourth-order valence-corrected chi connectivity index (χ4v) is 3.28. The molecular weight excluding hydrogens is 399 g/mol. The van der Waals surface area contributed by atoms with E-state index in [4.69, 9.17) is 16.6 Å². The number of carbonyl (C=O) groups excluding carboxylic acids is 1. The fourth-order valence-electron chi connectivity index (χ4n) is 3.28. The van der Waals surface area contributed by atoms with Crippen molar-refractivity contribution in [1.29, 1.82) is 0 Å². The van der Waals surface area contributed by atoms with Crippen LogP contribution in [0.3, 0.4) is 0 Å². The van der Waals surface area contributed by atoms with Gasteiger partial charge in [0, 0.05) is 12.8 Å². The van der Waals surface area contributed by atoms with Crippen LogP contribution in [-0.2, 0) is 21.4 Å². The van der Waals surface area contributed by atoms with E-state index in [1.54, 1.807) is 0 Å². The number of rotatable bonds is 7. The van der Waals surface area contributed by atoms with E-state index in [0.29, 0.717) is 0 Å². The molecule has 0 saturated carbocycles. The van der Waals surface area contributed by atoms with Gasteiger partial charge in [-0.15, -0.1) is 0 Å². The van der Waals surface area contributed by atoms with Crippen molar-refractivity contribution < 1.29 is 44.9 Å². The van der Waals surface area contributed by atoms with Crippen LogP contribution in [0.5, 0.6) is 0 Å². The molecule has 0 saturated heterocycles. The Morgan fingerprint density at radius 1 is 1.06 bits per heavy atom. The number of aromatic nitrogens is 4. The molecule has 3 rings (SSSR count). The Morgan fingerprint density at radius 3 is 2.26 bits per heavy atom. The Kier molecular flexibility index (Phi) is 6.94. The molecule has 1 atom stereocenters. The molecule has 1 unspecified atom stereocenters. The molecule has 11 nitrogen and oxygen atoms in total. The van der Waals surface area contributed by atoms with E-state index in [9.17, 15) is 19.5 Å². The maximum Gasteiger partial charge on any atom is 1.00 e. The Bertz CT molecular complexity index is 1180. The number of aliphatic carboxylic acids is 1. The number of anilines is 2. The molecule has 1 aromatic carbocycles. The van der Waals surface area contributed by atoms with Gasteiger partial charge in [-0.3, -0.25) is 9.59 Å². The summed E-state index contributed by atoms with van der Waals surface area (Å²) in [6.45, 7) is 1.28. The first kappa shape index (κ1) is 23.7. The summed E-state index contributed by atoms with van der Waals surface area (Å²) < 4.78 is 0. The van der Waals surface area contributed by atoms with Gasteiger partial charge in [-0.2, -0.15) is 9.97 Å². The average molecular weight is 418 g/mol. The maximum atomic E-state index is 12.4. The number of benzene rings is 1. The zero-order valence-electron chi connectivity index (χ0n) is 17.9. The number of nitrogens with two attached hydrogens (primary N) is 2. The second-order valence-corrected chi connectivity index (χ2v) is 6.83. The smallest absolute Gasteiger partial charge is 1.00 e. The van der Waals surface area contributed by atoms with Crippen LogP contribution in [0, 0.1) is 0 Å². The van der Waals surface area contributed by atoms with E-state index >= 15 is 0 Å². The second kappa shape index (κ2) is 9.07. The first-order chi connectivity index (χ1) is 14.1. The van der Waals surface area contributed by atoms with Crippen molar-refractivity contribution in [2.45, 2.75) is 25.2 Å². The third-order valence-corrected chi connectivity index (χ3v) is 4.63. The van der Waals surface area contributed by atoms with Crippen LogP contribution < -0.4 is 30.3 Å². The van der Waals surface area contributed by atoms with Gasteiger partial charge in [0.15, 0.2) is 17.0 Å². The van der Waals surface area contributed by atoms with Crippen LogP contribution in [0.25, 0.3) is 11.2 Å². The molecule has 6 N–H and O–H groups in total. The second-order valence-electron chi connectivity index (χ2n) is 6.83. The third kappa shape index (κ3) is 4.79. The van der Waals surface area contributed by atoms with E-state index in [2.05, 4.69) is 19.9 Å². The summed E-state index contributed by atoms with van der Waals surface area (Å²) in [5.74, 6) is -2.85. The van der Waals surface area contributed by atoms with E-state index in [0.717, 1.165) is 0 Å². The topological polar surface area (TPSA) is 195 Å². The van der Waals surface area contributed by atoms with E-state index < -0.39 is 17.4 Å². The largest absolute Gasteiger partial charge is 1.00 e. The van der Waals surface area contributed by atoms with Gasteiger partial charge in [0.1, 0.15) is 11.2 Å². The van der Waals surface area contributed by atoms with Gasteiger partial charge >= 0.3 is 30.8 Å². The van der Waals surface area contributed by atoms with Crippen molar-refractivity contribution in [2.24, 2.45) is 0 Å². The number of carbonyl (C=O) groups is 3. The Labute approximate surface area is 189 Å². The summed E-state index contributed by atoms with van der Waals surface area (Å²) >= 11 is 0. The summed E-state index contributed by atoms with van der Waals surface area (Å²) in [5, 5.41) is 19.2. The monoisotopic (exact) mass is 418 g/mol. The number of nitrogen functional groups attached to an aromatic ring is 2. The number of fused-ring (bicyclic) bond motifs is 1. The first-order valence-corrected chi connectivity index (χ1v) is 8.73. The van der Waals surface area contributed by atoms with Crippen LogP contribution in [0.4, 0.5) is 11.8 Å². The van der Waals surface area contributed by atoms with Gasteiger partial charge in [0.25, 0.3) is 0 Å². The SMILES string of the molecule is CC(=O)CC(Cc1cnc2nc(N)nc(N)c2n1)(C(=O)O)c1ccc(C(=O)O)cc1.[H-].[Li+]. The van der Waals surface area contributed by atoms with E-state index in [-0.39, 0.29) is 78.7 Å². The van der Waals surface area contributed by atoms with Crippen molar-refractivity contribution in [3.8, 4) is 0 Å². The van der Waals surface area contributed by atoms with Gasteiger partial charge in [-0.25, -0.2) is 14.8 Å². The van der Waals surface area contributed by atoms with Crippen molar-refractivity contribution >= 4 is 40.7 Å². The number of hydrogen-bond acceptors (Lipinski definition) is 9. The molecule has 0 radical (unpaired) electrons. The standard InChI is InChI=1S/C19H18N6O5.Li.H/c1-9(26)6-19(17(29)30,11-4-2-10(3-5-11)16(27)28)7-12-8-22-15-13(23-12)14(20)24-18(21)25-15;;/h2-5,8H,6-7H2,1H3,(H,27,28)(H,29,30)(H4,20,21,22,24,25);;/q;+1;-1. The van der Waals surface area contributed by atoms with Crippen molar-refractivity contribution in [3.63, 3.8) is 0 Å². The summed E-state index contributed by atoms with van der Waals surface area (Å²) in [5.41, 5.74) is 10.5. The number of carboxylic acid groups (broad SMARTS) is 2. The number of carboxylic acids is 2. The molecule has 0 aliphatic carbocycles. The quantitative estimate of drug-likeness (QED) is 0.308. The molecule has 0 amide bonds. The Hall–Kier alpha value is -3.55.